The summed E-state index contributed by atoms with van der Waals surface area (Å²) >= 11 is 1.27. The Morgan fingerprint density at radius 1 is 1.47 bits per heavy atom. The molecule has 0 aliphatic rings. The first-order chi connectivity index (χ1) is 8.95. The Hall–Kier alpha value is -2.09. The third kappa shape index (κ3) is 2.26. The first kappa shape index (κ1) is 13.3. The summed E-state index contributed by atoms with van der Waals surface area (Å²) in [5.41, 5.74) is 7.19. The van der Waals surface area contributed by atoms with Crippen LogP contribution in [0.3, 0.4) is 0 Å². The molecular weight excluding hydrogens is 266 g/mol. The van der Waals surface area contributed by atoms with Gasteiger partial charge in [-0.15, -0.1) is 11.3 Å². The number of aromatic nitrogens is 2. The fourth-order valence-electron chi connectivity index (χ4n) is 1.83. The number of nitrogens with one attached hydrogen (secondary N) is 2. The van der Waals surface area contributed by atoms with Gasteiger partial charge in [0.2, 0.25) is 5.91 Å². The molecule has 0 radical (unpaired) electrons. The number of rotatable bonds is 3. The highest BCUT2D eigenvalue weighted by atomic mass is 32.1. The van der Waals surface area contributed by atoms with Crippen LogP contribution in [0, 0.1) is 6.92 Å². The van der Waals surface area contributed by atoms with Crippen LogP contribution in [0.15, 0.2) is 0 Å². The Balaban J connectivity index is 2.30. The minimum atomic E-state index is -0.346. The molecule has 0 saturated carbocycles. The lowest BCUT2D eigenvalue weighted by molar-refractivity contribution is -0.119. The molecule has 0 unspecified atom stereocenters. The summed E-state index contributed by atoms with van der Waals surface area (Å²) in [7, 11) is 3.31. The lowest BCUT2D eigenvalue weighted by Crippen LogP contribution is -2.35. The van der Waals surface area contributed by atoms with Crippen molar-refractivity contribution in [3.8, 4) is 0 Å². The third-order valence-corrected chi connectivity index (χ3v) is 4.05. The molecule has 102 valence electrons. The van der Waals surface area contributed by atoms with Gasteiger partial charge in [0, 0.05) is 14.1 Å². The molecule has 2 heterocycles. The van der Waals surface area contributed by atoms with Crippen LogP contribution in [0.1, 0.15) is 15.4 Å². The maximum atomic E-state index is 12.0. The zero-order valence-corrected chi connectivity index (χ0v) is 11.7. The Bertz CT molecular complexity index is 658. The molecule has 0 saturated heterocycles. The normalized spacial score (nSPS) is 10.7. The largest absolute Gasteiger partial charge is 0.397 e. The van der Waals surface area contributed by atoms with Crippen LogP contribution < -0.4 is 16.4 Å². The number of hydrogen-bond acceptors (Lipinski definition) is 5. The molecule has 7 nitrogen and oxygen atoms in total. The molecule has 0 aliphatic carbocycles. The van der Waals surface area contributed by atoms with Crippen LogP contribution in [-0.4, -0.2) is 35.2 Å². The predicted octanol–water partition coefficient (Wildman–Crippen LogP) is 0.00122. The molecule has 0 bridgehead atoms. The Morgan fingerprint density at radius 3 is 2.74 bits per heavy atom. The van der Waals surface area contributed by atoms with Gasteiger partial charge in [0.1, 0.15) is 9.71 Å². The van der Waals surface area contributed by atoms with E-state index in [1.165, 1.54) is 18.4 Å². The SMILES string of the molecule is CNC(=O)CNC(=O)c1sc2c(c(C)nn2C)c1N. The summed E-state index contributed by atoms with van der Waals surface area (Å²) in [5.74, 6) is -0.604. The van der Waals surface area contributed by atoms with Gasteiger partial charge >= 0.3 is 0 Å². The molecule has 0 aliphatic heterocycles. The van der Waals surface area contributed by atoms with Gasteiger partial charge in [0.25, 0.3) is 5.91 Å². The number of amides is 2. The van der Waals surface area contributed by atoms with E-state index >= 15 is 0 Å². The van der Waals surface area contributed by atoms with Crippen molar-refractivity contribution in [2.75, 3.05) is 19.3 Å². The lowest BCUT2D eigenvalue weighted by Gasteiger charge is -2.03. The predicted molar refractivity (Wildman–Crippen MR) is 74.1 cm³/mol. The van der Waals surface area contributed by atoms with Gasteiger partial charge in [-0.3, -0.25) is 14.3 Å². The second-order valence-corrected chi connectivity index (χ2v) is 5.09. The molecule has 0 fully saturated rings. The highest BCUT2D eigenvalue weighted by molar-refractivity contribution is 7.21. The van der Waals surface area contributed by atoms with Crippen LogP contribution in [0.5, 0.6) is 0 Å². The molecule has 2 rings (SSSR count). The van der Waals surface area contributed by atoms with Crippen molar-refractivity contribution >= 4 is 39.1 Å². The molecule has 8 heteroatoms. The topological polar surface area (TPSA) is 102 Å². The minimum absolute atomic E-state index is 0.0692. The summed E-state index contributed by atoms with van der Waals surface area (Å²) in [6.45, 7) is 1.78. The maximum Gasteiger partial charge on any atom is 0.264 e. The number of thiophene rings is 1. The zero-order chi connectivity index (χ0) is 14.2. The zero-order valence-electron chi connectivity index (χ0n) is 10.9. The number of nitrogen functional groups attached to an aromatic ring is 1. The summed E-state index contributed by atoms with van der Waals surface area (Å²) in [6.07, 6.45) is 0. The molecule has 2 aromatic heterocycles. The van der Waals surface area contributed by atoms with Crippen molar-refractivity contribution in [3.63, 3.8) is 0 Å². The molecule has 2 amide bonds. The third-order valence-electron chi connectivity index (χ3n) is 2.78. The monoisotopic (exact) mass is 281 g/mol. The van der Waals surface area contributed by atoms with Crippen molar-refractivity contribution in [1.29, 1.82) is 0 Å². The molecule has 4 N–H and O–H groups in total. The number of hydrogen-bond donors (Lipinski definition) is 3. The van der Waals surface area contributed by atoms with Crippen LogP contribution in [0.4, 0.5) is 5.69 Å². The number of fused-ring (bicyclic) bond motifs is 1. The van der Waals surface area contributed by atoms with Gasteiger partial charge in [-0.05, 0) is 6.92 Å². The highest BCUT2D eigenvalue weighted by Gasteiger charge is 2.21. The summed E-state index contributed by atoms with van der Waals surface area (Å²) in [5, 5.41) is 10.0. The van der Waals surface area contributed by atoms with Crippen molar-refractivity contribution in [1.82, 2.24) is 20.4 Å². The van der Waals surface area contributed by atoms with Gasteiger partial charge in [0.15, 0.2) is 0 Å². The highest BCUT2D eigenvalue weighted by Crippen LogP contribution is 2.35. The standard InChI is InChI=1S/C11H15N5O2S/c1-5-7-8(12)9(19-11(7)16(3)15-5)10(18)14-4-6(17)13-2/h4,12H2,1-3H3,(H,13,17)(H,14,18). The van der Waals surface area contributed by atoms with E-state index in [-0.39, 0.29) is 18.4 Å². The number of aryl methyl sites for hydroxylation is 2. The summed E-state index contributed by atoms with van der Waals surface area (Å²) in [4.78, 5) is 24.3. The number of nitrogens with zero attached hydrogens (tertiary/aromatic N) is 2. The number of anilines is 1. The van der Waals surface area contributed by atoms with Crippen molar-refractivity contribution < 1.29 is 9.59 Å². The van der Waals surface area contributed by atoms with Crippen LogP contribution >= 0.6 is 11.3 Å². The van der Waals surface area contributed by atoms with E-state index in [1.54, 1.807) is 11.7 Å². The number of likely N-dealkylation sites (N-methyl/N-ethyl adjacent to an activating group) is 1. The van der Waals surface area contributed by atoms with Crippen molar-refractivity contribution in [2.45, 2.75) is 6.92 Å². The van der Waals surface area contributed by atoms with Gasteiger partial charge in [-0.25, -0.2) is 0 Å². The fraction of sp³-hybridized carbons (Fsp3) is 0.364. The second-order valence-electron chi connectivity index (χ2n) is 4.09. The van der Waals surface area contributed by atoms with Crippen LogP contribution in [-0.2, 0) is 11.8 Å². The van der Waals surface area contributed by atoms with Gasteiger partial charge in [-0.1, -0.05) is 0 Å². The van der Waals surface area contributed by atoms with Gasteiger partial charge in [-0.2, -0.15) is 5.10 Å². The number of carbonyl (C=O) groups is 2. The smallest absolute Gasteiger partial charge is 0.264 e. The van der Waals surface area contributed by atoms with E-state index in [4.69, 9.17) is 5.73 Å². The van der Waals surface area contributed by atoms with Crippen LogP contribution in [0.25, 0.3) is 10.2 Å². The van der Waals surface area contributed by atoms with Crippen molar-refractivity contribution in [2.24, 2.45) is 7.05 Å². The molecule has 0 aromatic carbocycles. The Labute approximate surface area is 113 Å². The van der Waals surface area contributed by atoms with E-state index in [2.05, 4.69) is 15.7 Å². The summed E-state index contributed by atoms with van der Waals surface area (Å²) < 4.78 is 1.70. The molecule has 0 spiro atoms. The minimum Gasteiger partial charge on any atom is -0.397 e. The second kappa shape index (κ2) is 4.88. The van der Waals surface area contributed by atoms with E-state index in [0.29, 0.717) is 10.6 Å². The number of nitrogens with two attached hydrogens (primary N) is 1. The van der Waals surface area contributed by atoms with Crippen molar-refractivity contribution in [3.05, 3.63) is 10.6 Å². The maximum absolute atomic E-state index is 12.0. The first-order valence-electron chi connectivity index (χ1n) is 5.66. The van der Waals surface area contributed by atoms with Crippen LogP contribution in [0.2, 0.25) is 0 Å². The average Bonchev–Trinajstić information content (AvgIpc) is 2.86. The molecule has 0 atom stereocenters. The van der Waals surface area contributed by atoms with E-state index in [9.17, 15) is 9.59 Å². The van der Waals surface area contributed by atoms with Gasteiger partial charge in [0.05, 0.1) is 23.3 Å². The summed E-state index contributed by atoms with van der Waals surface area (Å²) in [6, 6.07) is 0. The fourth-order valence-corrected chi connectivity index (χ4v) is 2.93. The van der Waals surface area contributed by atoms with E-state index < -0.39 is 0 Å². The molecular formula is C11H15N5O2S. The quantitative estimate of drug-likeness (QED) is 0.737. The Morgan fingerprint density at radius 2 is 2.16 bits per heavy atom. The van der Waals surface area contributed by atoms with E-state index in [1.807, 2.05) is 6.92 Å². The first-order valence-corrected chi connectivity index (χ1v) is 6.47. The Kier molecular flexibility index (Phi) is 3.43. The van der Waals surface area contributed by atoms with E-state index in [0.717, 1.165) is 15.9 Å². The molecule has 19 heavy (non-hydrogen) atoms. The average molecular weight is 281 g/mol. The lowest BCUT2D eigenvalue weighted by atomic mass is 10.2. The van der Waals surface area contributed by atoms with Gasteiger partial charge < -0.3 is 16.4 Å². The number of carbonyl (C=O) groups excluding carboxylic acids is 2. The molecule has 2 aromatic rings.